The molecule has 0 aliphatic heterocycles. The van der Waals surface area contributed by atoms with E-state index in [4.69, 9.17) is 5.26 Å². The van der Waals surface area contributed by atoms with Crippen LogP contribution in [0.15, 0.2) is 35.0 Å². The molecule has 1 unspecified atom stereocenters. The highest BCUT2D eigenvalue weighted by Gasteiger charge is 2.07. The van der Waals surface area contributed by atoms with Crippen LogP contribution in [0.3, 0.4) is 0 Å². The average Bonchev–Trinajstić information content (AvgIpc) is 2.90. The number of benzene rings is 1. The first kappa shape index (κ1) is 12.7. The van der Waals surface area contributed by atoms with Crippen LogP contribution in [0.5, 0.6) is 0 Å². The van der Waals surface area contributed by atoms with Crippen molar-refractivity contribution in [2.75, 3.05) is 0 Å². The van der Waals surface area contributed by atoms with Gasteiger partial charge < -0.3 is 5.32 Å². The Labute approximate surface area is 110 Å². The zero-order valence-electron chi connectivity index (χ0n) is 9.98. The lowest BCUT2D eigenvalue weighted by atomic mass is 10.1. The summed E-state index contributed by atoms with van der Waals surface area (Å²) in [5.74, 6) is -0.334. The van der Waals surface area contributed by atoms with E-state index in [0.717, 1.165) is 0 Å². The van der Waals surface area contributed by atoms with Crippen LogP contribution in [0, 0.1) is 17.1 Å². The molecule has 0 aliphatic carbocycles. The molecule has 1 aromatic carbocycles. The minimum atomic E-state index is -0.334. The van der Waals surface area contributed by atoms with Crippen LogP contribution in [0.4, 0.5) is 4.39 Å². The molecule has 0 saturated carbocycles. The molecule has 2 nitrogen and oxygen atoms in total. The van der Waals surface area contributed by atoms with Gasteiger partial charge in [-0.3, -0.25) is 0 Å². The summed E-state index contributed by atoms with van der Waals surface area (Å²) in [6.45, 7) is 2.50. The van der Waals surface area contributed by atoms with E-state index in [1.165, 1.54) is 11.6 Å². The third-order valence-electron chi connectivity index (χ3n) is 2.82. The normalized spacial score (nSPS) is 12.1. The molecule has 2 rings (SSSR count). The predicted octanol–water partition coefficient (Wildman–Crippen LogP) is 3.61. The molecular formula is C14H13FN2S. The van der Waals surface area contributed by atoms with Gasteiger partial charge in [-0.15, -0.1) is 0 Å². The molecule has 0 fully saturated rings. The van der Waals surface area contributed by atoms with Crippen molar-refractivity contribution in [1.29, 1.82) is 5.26 Å². The molecule has 0 radical (unpaired) electrons. The molecule has 92 valence electrons. The molecule has 0 amide bonds. The Morgan fingerprint density at radius 2 is 2.28 bits per heavy atom. The Bertz CT molecular complexity index is 558. The van der Waals surface area contributed by atoms with Gasteiger partial charge in [-0.25, -0.2) is 4.39 Å². The number of nitriles is 1. The summed E-state index contributed by atoms with van der Waals surface area (Å²) in [5.41, 5.74) is 2.13. The molecule has 0 saturated heterocycles. The number of halogens is 1. The van der Waals surface area contributed by atoms with Crippen molar-refractivity contribution in [2.24, 2.45) is 0 Å². The van der Waals surface area contributed by atoms with Crippen LogP contribution in [0.1, 0.15) is 29.7 Å². The van der Waals surface area contributed by atoms with Crippen molar-refractivity contribution in [1.82, 2.24) is 5.32 Å². The lowest BCUT2D eigenvalue weighted by Crippen LogP contribution is -2.18. The maximum Gasteiger partial charge on any atom is 0.129 e. The molecule has 0 aliphatic rings. The zero-order valence-corrected chi connectivity index (χ0v) is 10.8. The van der Waals surface area contributed by atoms with Crippen molar-refractivity contribution in [3.63, 3.8) is 0 Å². The standard InChI is InChI=1S/C14H13FN2S/c1-10(13-4-5-18-9-13)17-8-12-3-2-11(7-16)6-14(12)15/h2-6,9-10,17H,8H2,1H3. The van der Waals surface area contributed by atoms with Gasteiger partial charge in [-0.1, -0.05) is 6.07 Å². The number of hydrogen-bond donors (Lipinski definition) is 1. The third kappa shape index (κ3) is 2.95. The lowest BCUT2D eigenvalue weighted by molar-refractivity contribution is 0.545. The first-order chi connectivity index (χ1) is 8.70. The zero-order chi connectivity index (χ0) is 13.0. The second-order valence-electron chi connectivity index (χ2n) is 4.08. The Kier molecular flexibility index (Phi) is 4.08. The highest BCUT2D eigenvalue weighted by atomic mass is 32.1. The van der Waals surface area contributed by atoms with E-state index < -0.39 is 0 Å². The predicted molar refractivity (Wildman–Crippen MR) is 70.7 cm³/mol. The van der Waals surface area contributed by atoms with Crippen molar-refractivity contribution in [2.45, 2.75) is 19.5 Å². The van der Waals surface area contributed by atoms with Crippen LogP contribution in [-0.4, -0.2) is 0 Å². The first-order valence-electron chi connectivity index (χ1n) is 5.64. The maximum atomic E-state index is 13.6. The van der Waals surface area contributed by atoms with Crippen molar-refractivity contribution in [3.8, 4) is 6.07 Å². The fraction of sp³-hybridized carbons (Fsp3) is 0.214. The van der Waals surface area contributed by atoms with Gasteiger partial charge in [0, 0.05) is 18.2 Å². The van der Waals surface area contributed by atoms with Crippen LogP contribution in [-0.2, 0) is 6.54 Å². The van der Waals surface area contributed by atoms with Crippen molar-refractivity contribution in [3.05, 3.63) is 57.5 Å². The number of thiophene rings is 1. The Morgan fingerprint density at radius 3 is 2.89 bits per heavy atom. The third-order valence-corrected chi connectivity index (χ3v) is 3.53. The quantitative estimate of drug-likeness (QED) is 0.911. The molecule has 1 N–H and O–H groups in total. The largest absolute Gasteiger partial charge is 0.306 e. The van der Waals surface area contributed by atoms with E-state index in [9.17, 15) is 4.39 Å². The van der Waals surface area contributed by atoms with Gasteiger partial charge in [0.05, 0.1) is 11.6 Å². The SMILES string of the molecule is CC(NCc1ccc(C#N)cc1F)c1ccsc1. The number of rotatable bonds is 4. The fourth-order valence-electron chi connectivity index (χ4n) is 1.66. The Morgan fingerprint density at radius 1 is 1.44 bits per heavy atom. The lowest BCUT2D eigenvalue weighted by Gasteiger charge is -2.13. The van der Waals surface area contributed by atoms with Gasteiger partial charge >= 0.3 is 0 Å². The van der Waals surface area contributed by atoms with Crippen molar-refractivity contribution >= 4 is 11.3 Å². The van der Waals surface area contributed by atoms with E-state index in [2.05, 4.69) is 16.8 Å². The highest BCUT2D eigenvalue weighted by molar-refractivity contribution is 7.07. The molecule has 0 spiro atoms. The van der Waals surface area contributed by atoms with Gasteiger partial charge in [0.2, 0.25) is 0 Å². The van der Waals surface area contributed by atoms with Gasteiger partial charge in [0.25, 0.3) is 0 Å². The molecule has 1 atom stereocenters. The second-order valence-corrected chi connectivity index (χ2v) is 4.86. The molecule has 2 aromatic rings. The van der Waals surface area contributed by atoms with Crippen LogP contribution < -0.4 is 5.32 Å². The summed E-state index contributed by atoms with van der Waals surface area (Å²) in [7, 11) is 0. The van der Waals surface area contributed by atoms with E-state index in [1.54, 1.807) is 23.5 Å². The van der Waals surface area contributed by atoms with E-state index in [-0.39, 0.29) is 11.9 Å². The maximum absolute atomic E-state index is 13.6. The fourth-order valence-corrected chi connectivity index (χ4v) is 2.42. The summed E-state index contributed by atoms with van der Waals surface area (Å²) in [6.07, 6.45) is 0. The summed E-state index contributed by atoms with van der Waals surface area (Å²) in [5, 5.41) is 16.0. The van der Waals surface area contributed by atoms with E-state index in [0.29, 0.717) is 17.7 Å². The average molecular weight is 260 g/mol. The highest BCUT2D eigenvalue weighted by Crippen LogP contribution is 2.17. The minimum absolute atomic E-state index is 0.186. The molecule has 0 bridgehead atoms. The van der Waals surface area contributed by atoms with E-state index >= 15 is 0 Å². The van der Waals surface area contributed by atoms with Gasteiger partial charge in [0.1, 0.15) is 5.82 Å². The smallest absolute Gasteiger partial charge is 0.129 e. The summed E-state index contributed by atoms with van der Waals surface area (Å²) in [6, 6.07) is 8.72. The Balaban J connectivity index is 2.00. The monoisotopic (exact) mass is 260 g/mol. The summed E-state index contributed by atoms with van der Waals surface area (Å²) >= 11 is 1.65. The molecular weight excluding hydrogens is 247 g/mol. The molecule has 1 aromatic heterocycles. The van der Waals surface area contributed by atoms with Gasteiger partial charge in [-0.2, -0.15) is 16.6 Å². The number of nitrogens with one attached hydrogen (secondary N) is 1. The molecule has 4 heteroatoms. The second kappa shape index (κ2) is 5.76. The Hall–Kier alpha value is -1.70. The molecule has 18 heavy (non-hydrogen) atoms. The first-order valence-corrected chi connectivity index (χ1v) is 6.59. The molecule has 1 heterocycles. The van der Waals surface area contributed by atoms with Gasteiger partial charge in [0.15, 0.2) is 0 Å². The van der Waals surface area contributed by atoms with E-state index in [1.807, 2.05) is 18.4 Å². The summed E-state index contributed by atoms with van der Waals surface area (Å²) < 4.78 is 13.6. The van der Waals surface area contributed by atoms with Crippen molar-refractivity contribution < 1.29 is 4.39 Å². The number of nitrogens with zero attached hydrogens (tertiary/aromatic N) is 1. The van der Waals surface area contributed by atoms with Crippen LogP contribution in [0.25, 0.3) is 0 Å². The minimum Gasteiger partial charge on any atom is -0.306 e. The topological polar surface area (TPSA) is 35.8 Å². The van der Waals surface area contributed by atoms with Crippen LogP contribution in [0.2, 0.25) is 0 Å². The summed E-state index contributed by atoms with van der Waals surface area (Å²) in [4.78, 5) is 0. The van der Waals surface area contributed by atoms with Crippen LogP contribution >= 0.6 is 11.3 Å². The van der Waals surface area contributed by atoms with Gasteiger partial charge in [-0.05, 0) is 41.4 Å². The number of hydrogen-bond acceptors (Lipinski definition) is 3.